The third kappa shape index (κ3) is 2.77. The fourth-order valence-electron chi connectivity index (χ4n) is 3.30. The monoisotopic (exact) mass is 328 g/mol. The number of rotatable bonds is 3. The summed E-state index contributed by atoms with van der Waals surface area (Å²) in [5.74, 6) is 1.47. The molecule has 2 heterocycles. The number of aryl methyl sites for hydroxylation is 1. The molecule has 0 unspecified atom stereocenters. The second-order valence-electron chi connectivity index (χ2n) is 6.13. The van der Waals surface area contributed by atoms with Crippen LogP contribution >= 0.6 is 0 Å². The van der Waals surface area contributed by atoms with Crippen molar-refractivity contribution in [1.82, 2.24) is 20.4 Å². The molecule has 2 aromatic rings. The Kier molecular flexibility index (Phi) is 3.76. The van der Waals surface area contributed by atoms with Gasteiger partial charge in [-0.25, -0.2) is 4.79 Å². The van der Waals surface area contributed by atoms with Gasteiger partial charge in [-0.2, -0.15) is 5.10 Å². The highest BCUT2D eigenvalue weighted by Crippen LogP contribution is 2.32. The van der Waals surface area contributed by atoms with E-state index in [0.717, 1.165) is 41.9 Å². The lowest BCUT2D eigenvalue weighted by Crippen LogP contribution is -2.38. The van der Waals surface area contributed by atoms with E-state index in [-0.39, 0.29) is 18.9 Å². The molecule has 7 nitrogen and oxygen atoms in total. The van der Waals surface area contributed by atoms with Crippen LogP contribution in [0.1, 0.15) is 35.7 Å². The van der Waals surface area contributed by atoms with Crippen molar-refractivity contribution in [2.24, 2.45) is 7.05 Å². The van der Waals surface area contributed by atoms with E-state index < -0.39 is 0 Å². The molecule has 1 aliphatic heterocycles. The van der Waals surface area contributed by atoms with Gasteiger partial charge in [0.25, 0.3) is 0 Å². The summed E-state index contributed by atoms with van der Waals surface area (Å²) in [5, 5.41) is 10.3. The van der Waals surface area contributed by atoms with Crippen LogP contribution in [0.4, 0.5) is 4.79 Å². The molecule has 4 rings (SSSR count). The van der Waals surface area contributed by atoms with Crippen LogP contribution in [-0.4, -0.2) is 22.6 Å². The zero-order chi connectivity index (χ0) is 16.5. The summed E-state index contributed by atoms with van der Waals surface area (Å²) >= 11 is 0. The van der Waals surface area contributed by atoms with Gasteiger partial charge in [0.05, 0.1) is 12.2 Å². The van der Waals surface area contributed by atoms with E-state index in [2.05, 4.69) is 15.7 Å². The number of hydrogen-bond donors (Lipinski definition) is 2. The van der Waals surface area contributed by atoms with Crippen molar-refractivity contribution in [2.75, 3.05) is 6.79 Å². The average molecular weight is 328 g/mol. The molecule has 0 saturated carbocycles. The molecule has 0 bridgehead atoms. The van der Waals surface area contributed by atoms with E-state index in [9.17, 15) is 4.79 Å². The molecule has 0 radical (unpaired) electrons. The van der Waals surface area contributed by atoms with Crippen molar-refractivity contribution >= 4 is 6.03 Å². The number of aromatic nitrogens is 2. The number of benzene rings is 1. The van der Waals surface area contributed by atoms with Gasteiger partial charge in [-0.1, -0.05) is 6.07 Å². The second-order valence-corrected chi connectivity index (χ2v) is 6.13. The highest BCUT2D eigenvalue weighted by molar-refractivity contribution is 5.74. The van der Waals surface area contributed by atoms with Crippen LogP contribution in [0, 0.1) is 0 Å². The Hall–Kier alpha value is -2.70. The maximum atomic E-state index is 12.2. The van der Waals surface area contributed by atoms with E-state index >= 15 is 0 Å². The molecular formula is C17H20N4O3. The molecule has 2 N–H and O–H groups in total. The third-order valence-electron chi connectivity index (χ3n) is 4.57. The maximum absolute atomic E-state index is 12.2. The zero-order valence-electron chi connectivity index (χ0n) is 13.5. The van der Waals surface area contributed by atoms with Crippen LogP contribution in [-0.2, 0) is 20.0 Å². The number of fused-ring (bicyclic) bond motifs is 2. The van der Waals surface area contributed by atoms with E-state index in [1.165, 1.54) is 5.69 Å². The van der Waals surface area contributed by atoms with Crippen LogP contribution in [0.25, 0.3) is 0 Å². The number of carbonyl (C=O) groups excluding carboxylic acids is 1. The minimum absolute atomic E-state index is 0.0270. The Morgan fingerprint density at radius 2 is 2.25 bits per heavy atom. The summed E-state index contributed by atoms with van der Waals surface area (Å²) in [6.45, 7) is 0.691. The standard InChI is InChI=1S/C17H20N4O3/c1-21-14-4-2-3-13(12(14)9-19-21)20-17(22)18-8-11-5-6-15-16(7-11)24-10-23-15/h5-7,9,13H,2-4,8,10H2,1H3,(H2,18,20,22)/t13-/m1/s1. The first kappa shape index (κ1) is 14.9. The van der Waals surface area contributed by atoms with Crippen LogP contribution < -0.4 is 20.1 Å². The lowest BCUT2D eigenvalue weighted by Gasteiger charge is -2.24. The quantitative estimate of drug-likeness (QED) is 0.904. The van der Waals surface area contributed by atoms with Gasteiger partial charge in [0.1, 0.15) is 0 Å². The van der Waals surface area contributed by atoms with Gasteiger partial charge in [0, 0.05) is 24.8 Å². The van der Waals surface area contributed by atoms with Gasteiger partial charge in [0.15, 0.2) is 11.5 Å². The first-order valence-electron chi connectivity index (χ1n) is 8.14. The molecule has 24 heavy (non-hydrogen) atoms. The molecule has 2 aliphatic rings. The van der Waals surface area contributed by atoms with Crippen molar-refractivity contribution in [3.05, 3.63) is 41.2 Å². The van der Waals surface area contributed by atoms with Crippen molar-refractivity contribution in [1.29, 1.82) is 0 Å². The van der Waals surface area contributed by atoms with Gasteiger partial charge in [0.2, 0.25) is 6.79 Å². The summed E-state index contributed by atoms with van der Waals surface area (Å²) < 4.78 is 12.5. The van der Waals surface area contributed by atoms with Crippen molar-refractivity contribution in [3.8, 4) is 11.5 Å². The Bertz CT molecular complexity index is 771. The molecule has 1 aromatic heterocycles. The van der Waals surface area contributed by atoms with Crippen molar-refractivity contribution in [2.45, 2.75) is 31.8 Å². The lowest BCUT2D eigenvalue weighted by molar-refractivity contribution is 0.174. The molecule has 1 aromatic carbocycles. The molecule has 2 amide bonds. The summed E-state index contributed by atoms with van der Waals surface area (Å²) in [6.07, 6.45) is 4.87. The van der Waals surface area contributed by atoms with Crippen LogP contribution in [0.15, 0.2) is 24.4 Å². The average Bonchev–Trinajstić information content (AvgIpc) is 3.20. The second kappa shape index (κ2) is 6.07. The minimum Gasteiger partial charge on any atom is -0.454 e. The first-order chi connectivity index (χ1) is 11.7. The number of amides is 2. The van der Waals surface area contributed by atoms with Crippen LogP contribution in [0.3, 0.4) is 0 Å². The highest BCUT2D eigenvalue weighted by Gasteiger charge is 2.24. The number of nitrogens with zero attached hydrogens (tertiary/aromatic N) is 2. The Morgan fingerprint density at radius 1 is 1.38 bits per heavy atom. The van der Waals surface area contributed by atoms with Gasteiger partial charge >= 0.3 is 6.03 Å². The lowest BCUT2D eigenvalue weighted by atomic mass is 9.93. The molecule has 0 spiro atoms. The molecule has 1 aliphatic carbocycles. The molecular weight excluding hydrogens is 308 g/mol. The first-order valence-corrected chi connectivity index (χ1v) is 8.14. The van der Waals surface area contributed by atoms with Gasteiger partial charge < -0.3 is 20.1 Å². The number of urea groups is 1. The Morgan fingerprint density at radius 3 is 3.17 bits per heavy atom. The van der Waals surface area contributed by atoms with Gasteiger partial charge in [-0.3, -0.25) is 4.68 Å². The number of carbonyl (C=O) groups is 1. The van der Waals surface area contributed by atoms with Crippen molar-refractivity contribution in [3.63, 3.8) is 0 Å². The number of hydrogen-bond acceptors (Lipinski definition) is 4. The summed E-state index contributed by atoms with van der Waals surface area (Å²) in [4.78, 5) is 12.2. The Balaban J connectivity index is 1.36. The number of nitrogens with one attached hydrogen (secondary N) is 2. The molecule has 1 atom stereocenters. The summed E-state index contributed by atoms with van der Waals surface area (Å²) in [6, 6.07) is 5.53. The van der Waals surface area contributed by atoms with Crippen molar-refractivity contribution < 1.29 is 14.3 Å². The summed E-state index contributed by atoms with van der Waals surface area (Å²) in [5.41, 5.74) is 3.31. The minimum atomic E-state index is -0.172. The van der Waals surface area contributed by atoms with Crippen LogP contribution in [0.2, 0.25) is 0 Å². The van der Waals surface area contributed by atoms with E-state index in [1.807, 2.05) is 36.1 Å². The SMILES string of the molecule is Cn1ncc2c1CCC[C@H]2NC(=O)NCc1ccc2c(c1)OCO2. The molecule has 126 valence electrons. The molecule has 0 fully saturated rings. The molecule has 7 heteroatoms. The predicted octanol–water partition coefficient (Wildman–Crippen LogP) is 2.03. The van der Waals surface area contributed by atoms with E-state index in [4.69, 9.17) is 9.47 Å². The van der Waals surface area contributed by atoms with E-state index in [1.54, 1.807) is 0 Å². The van der Waals surface area contributed by atoms with E-state index in [0.29, 0.717) is 6.54 Å². The topological polar surface area (TPSA) is 77.4 Å². The fourth-order valence-corrected chi connectivity index (χ4v) is 3.30. The van der Waals surface area contributed by atoms with Crippen LogP contribution in [0.5, 0.6) is 11.5 Å². The predicted molar refractivity (Wildman–Crippen MR) is 86.8 cm³/mol. The third-order valence-corrected chi connectivity index (χ3v) is 4.57. The number of ether oxygens (including phenoxy) is 2. The van der Waals surface area contributed by atoms with Gasteiger partial charge in [-0.15, -0.1) is 0 Å². The Labute approximate surface area is 139 Å². The summed E-state index contributed by atoms with van der Waals surface area (Å²) in [7, 11) is 1.95. The highest BCUT2D eigenvalue weighted by atomic mass is 16.7. The largest absolute Gasteiger partial charge is 0.454 e. The zero-order valence-corrected chi connectivity index (χ0v) is 13.5. The normalized spacial score (nSPS) is 18.1. The maximum Gasteiger partial charge on any atom is 0.315 e. The van der Waals surface area contributed by atoms with Gasteiger partial charge in [-0.05, 0) is 37.0 Å². The smallest absolute Gasteiger partial charge is 0.315 e. The molecule has 0 saturated heterocycles. The fraction of sp³-hybridized carbons (Fsp3) is 0.412.